The largest absolute Gasteiger partial charge is 0.756 e. The maximum Gasteiger partial charge on any atom is 0.306 e. The van der Waals surface area contributed by atoms with E-state index in [0.717, 1.165) is 89.9 Å². The Bertz CT molecular complexity index is 1170. The Morgan fingerprint density at radius 2 is 0.983 bits per heavy atom. The summed E-state index contributed by atoms with van der Waals surface area (Å²) in [5, 5.41) is 0. The molecule has 2 unspecified atom stereocenters. The van der Waals surface area contributed by atoms with Crippen molar-refractivity contribution in [3.05, 3.63) is 72.9 Å². The average molecular weight is 848 g/mol. The van der Waals surface area contributed by atoms with Crippen LogP contribution >= 0.6 is 7.82 Å². The van der Waals surface area contributed by atoms with E-state index < -0.39 is 13.9 Å². The van der Waals surface area contributed by atoms with E-state index in [1.807, 2.05) is 21.1 Å². The first kappa shape index (κ1) is 56.9. The van der Waals surface area contributed by atoms with Crippen molar-refractivity contribution in [3.63, 3.8) is 0 Å². The van der Waals surface area contributed by atoms with Gasteiger partial charge in [0.15, 0.2) is 0 Å². The van der Waals surface area contributed by atoms with E-state index in [1.54, 1.807) is 0 Å². The first-order valence-corrected chi connectivity index (χ1v) is 25.1. The first-order chi connectivity index (χ1) is 28.6. The highest BCUT2D eigenvalue weighted by Gasteiger charge is 2.20. The highest BCUT2D eigenvalue weighted by molar-refractivity contribution is 7.45. The van der Waals surface area contributed by atoms with Crippen LogP contribution in [0.2, 0.25) is 0 Å². The molecule has 9 heteroatoms. The van der Waals surface area contributed by atoms with Crippen molar-refractivity contribution in [2.45, 2.75) is 187 Å². The Kier molecular flexibility index (Phi) is 41.1. The van der Waals surface area contributed by atoms with Gasteiger partial charge in [-0.3, -0.25) is 9.36 Å². The Morgan fingerprint density at radius 1 is 0.542 bits per heavy atom. The van der Waals surface area contributed by atoms with E-state index in [1.165, 1.54) is 70.6 Å². The quantitative estimate of drug-likeness (QED) is 0.0198. The lowest BCUT2D eigenvalue weighted by molar-refractivity contribution is -0.870. The Labute approximate surface area is 363 Å². The zero-order chi connectivity index (χ0) is 43.4. The smallest absolute Gasteiger partial charge is 0.306 e. The summed E-state index contributed by atoms with van der Waals surface area (Å²) in [6, 6.07) is 0. The van der Waals surface area contributed by atoms with Gasteiger partial charge in [0.2, 0.25) is 0 Å². The number of likely N-dealkylation sites (N-methyl/N-ethyl adjacent to an activating group) is 1. The number of quaternary nitrogens is 1. The summed E-state index contributed by atoms with van der Waals surface area (Å²) < 4.78 is 34.6. The minimum atomic E-state index is -4.54. The number of carbonyl (C=O) groups is 1. The lowest BCUT2D eigenvalue weighted by atomic mass is 10.1. The van der Waals surface area contributed by atoms with Gasteiger partial charge in [-0.15, -0.1) is 0 Å². The van der Waals surface area contributed by atoms with Crippen LogP contribution < -0.4 is 4.89 Å². The molecule has 8 nitrogen and oxygen atoms in total. The van der Waals surface area contributed by atoms with Crippen molar-refractivity contribution in [2.75, 3.05) is 54.1 Å². The third kappa shape index (κ3) is 46.9. The van der Waals surface area contributed by atoms with E-state index in [4.69, 9.17) is 18.5 Å². The summed E-state index contributed by atoms with van der Waals surface area (Å²) in [5.74, 6) is -0.352. The predicted molar refractivity (Wildman–Crippen MR) is 249 cm³/mol. The number of ether oxygens (including phenoxy) is 2. The number of unbranched alkanes of at least 4 members (excludes halogenated alkanes) is 17. The van der Waals surface area contributed by atoms with Gasteiger partial charge in [-0.05, 0) is 83.5 Å². The topological polar surface area (TPSA) is 94.1 Å². The van der Waals surface area contributed by atoms with Gasteiger partial charge in [-0.1, -0.05) is 164 Å². The van der Waals surface area contributed by atoms with E-state index >= 15 is 0 Å². The molecule has 0 rings (SSSR count). The number of hydrogen-bond donors (Lipinski definition) is 0. The van der Waals surface area contributed by atoms with E-state index in [2.05, 4.69) is 86.8 Å². The number of esters is 1. The fourth-order valence-electron chi connectivity index (χ4n) is 6.10. The van der Waals surface area contributed by atoms with Gasteiger partial charge in [-0.25, -0.2) is 0 Å². The molecule has 0 heterocycles. The van der Waals surface area contributed by atoms with Crippen LogP contribution in [0.5, 0.6) is 0 Å². The van der Waals surface area contributed by atoms with Crippen LogP contribution in [0, 0.1) is 0 Å². The van der Waals surface area contributed by atoms with Gasteiger partial charge in [0.1, 0.15) is 19.3 Å². The average Bonchev–Trinajstić information content (AvgIpc) is 3.19. The second kappa shape index (κ2) is 42.6. The molecule has 0 spiro atoms. The molecule has 0 N–H and O–H groups in total. The zero-order valence-corrected chi connectivity index (χ0v) is 39.6. The lowest BCUT2D eigenvalue weighted by Crippen LogP contribution is -2.37. The normalized spacial score (nSPS) is 14.3. The zero-order valence-electron chi connectivity index (χ0n) is 38.7. The molecule has 0 amide bonds. The maximum atomic E-state index is 12.7. The van der Waals surface area contributed by atoms with Crippen LogP contribution in [-0.2, 0) is 27.9 Å². The summed E-state index contributed by atoms with van der Waals surface area (Å²) in [5.41, 5.74) is 0. The number of rotatable bonds is 43. The van der Waals surface area contributed by atoms with Crippen molar-refractivity contribution in [1.82, 2.24) is 0 Å². The van der Waals surface area contributed by atoms with Crippen molar-refractivity contribution in [2.24, 2.45) is 0 Å². The predicted octanol–water partition coefficient (Wildman–Crippen LogP) is 13.6. The maximum absolute atomic E-state index is 12.7. The number of allylic oxidation sites excluding steroid dienone is 12. The Balaban J connectivity index is 4.22. The van der Waals surface area contributed by atoms with E-state index in [9.17, 15) is 14.3 Å². The molecular formula is C50H90NO7P. The van der Waals surface area contributed by atoms with Crippen LogP contribution in [0.3, 0.4) is 0 Å². The van der Waals surface area contributed by atoms with Gasteiger partial charge >= 0.3 is 5.97 Å². The molecule has 0 saturated carbocycles. The van der Waals surface area contributed by atoms with Gasteiger partial charge in [0.25, 0.3) is 7.82 Å². The molecule has 0 bridgehead atoms. The SMILES string of the molecule is CC/C=C\C/C=C\C/C=C\CCCCCCOCC(COP(=O)([O-])OCC[N+](C)(C)C)OC(=O)CCCCCCCCCC/C=C\C/C=C\C/C=C\CCCCCCC. The molecule has 0 radical (unpaired) electrons. The lowest BCUT2D eigenvalue weighted by Gasteiger charge is -2.28. The van der Waals surface area contributed by atoms with Gasteiger partial charge in [-0.2, -0.15) is 0 Å². The van der Waals surface area contributed by atoms with Crippen LogP contribution in [0.25, 0.3) is 0 Å². The highest BCUT2D eigenvalue weighted by atomic mass is 31.2. The summed E-state index contributed by atoms with van der Waals surface area (Å²) in [6.07, 6.45) is 54.9. The number of phosphoric ester groups is 1. The van der Waals surface area contributed by atoms with Gasteiger partial charge in [0, 0.05) is 13.0 Å². The number of nitrogens with zero attached hydrogens (tertiary/aromatic N) is 1. The highest BCUT2D eigenvalue weighted by Crippen LogP contribution is 2.38. The van der Waals surface area contributed by atoms with Crippen molar-refractivity contribution < 1.29 is 37.3 Å². The summed E-state index contributed by atoms with van der Waals surface area (Å²) in [4.78, 5) is 25.1. The number of phosphoric acid groups is 1. The van der Waals surface area contributed by atoms with Gasteiger partial charge in [0.05, 0.1) is 34.4 Å². The van der Waals surface area contributed by atoms with Crippen LogP contribution in [0.1, 0.15) is 181 Å². The standard InChI is InChI=1S/C50H90NO7P/c1-6-8-10-12-14-16-18-20-22-23-24-25-26-27-28-29-30-31-33-35-37-39-41-43-50(52)58-49(48-57-59(53,54)56-46-44-51(3,4)5)47-55-45-42-40-38-36-34-32-21-19-17-15-13-11-9-7-2/h9,11,15,17-18,20-21,23-24,26-27,32,49H,6-8,10,12-14,16,19,22,25,28-31,33-48H2,1-5H3/b11-9-,17-15-,20-18-,24-23-,27-26-,32-21-. The molecule has 0 aliphatic heterocycles. The summed E-state index contributed by atoms with van der Waals surface area (Å²) in [7, 11) is 1.32. The summed E-state index contributed by atoms with van der Waals surface area (Å²) >= 11 is 0. The number of carbonyl (C=O) groups excluding carboxylic acids is 1. The molecule has 0 aromatic heterocycles. The van der Waals surface area contributed by atoms with E-state index in [0.29, 0.717) is 24.1 Å². The van der Waals surface area contributed by atoms with Crippen LogP contribution in [0.15, 0.2) is 72.9 Å². The molecule has 2 atom stereocenters. The second-order valence-corrected chi connectivity index (χ2v) is 18.1. The van der Waals surface area contributed by atoms with Crippen LogP contribution in [-0.4, -0.2) is 70.7 Å². The monoisotopic (exact) mass is 848 g/mol. The van der Waals surface area contributed by atoms with Gasteiger partial charge < -0.3 is 27.9 Å². The third-order valence-electron chi connectivity index (χ3n) is 9.74. The Hall–Kier alpha value is -2.06. The molecule has 59 heavy (non-hydrogen) atoms. The second-order valence-electron chi connectivity index (χ2n) is 16.7. The molecular weight excluding hydrogens is 758 g/mol. The molecule has 0 saturated heterocycles. The van der Waals surface area contributed by atoms with Crippen molar-refractivity contribution in [3.8, 4) is 0 Å². The van der Waals surface area contributed by atoms with E-state index in [-0.39, 0.29) is 25.8 Å². The fraction of sp³-hybridized carbons (Fsp3) is 0.740. The number of hydrogen-bond acceptors (Lipinski definition) is 7. The first-order valence-electron chi connectivity index (χ1n) is 23.7. The minimum absolute atomic E-state index is 0.0162. The van der Waals surface area contributed by atoms with Crippen molar-refractivity contribution in [1.29, 1.82) is 0 Å². The Morgan fingerprint density at radius 3 is 1.47 bits per heavy atom. The fourth-order valence-corrected chi connectivity index (χ4v) is 6.82. The molecule has 0 fully saturated rings. The molecule has 342 valence electrons. The molecule has 0 aliphatic rings. The molecule has 0 aromatic carbocycles. The third-order valence-corrected chi connectivity index (χ3v) is 10.7. The molecule has 0 aromatic rings. The van der Waals surface area contributed by atoms with Crippen LogP contribution in [0.4, 0.5) is 0 Å². The van der Waals surface area contributed by atoms with Crippen molar-refractivity contribution >= 4 is 13.8 Å². The summed E-state index contributed by atoms with van der Waals surface area (Å²) in [6.45, 7) is 5.21. The minimum Gasteiger partial charge on any atom is -0.756 e. The molecule has 0 aliphatic carbocycles.